The number of ether oxygens (including phenoxy) is 6. The monoisotopic (exact) mass is 938 g/mol. The van der Waals surface area contributed by atoms with Crippen LogP contribution in [0.15, 0.2) is 102 Å². The number of rotatable bonds is 13. The number of nitrogens with one attached hydrogen (secondary N) is 1. The minimum Gasteiger partial charge on any atom is -0.455 e. The first-order chi connectivity index (χ1) is 32.1. The Morgan fingerprint density at radius 1 is 0.838 bits per heavy atom. The maximum atomic E-state index is 15.7. The first-order valence-corrected chi connectivity index (χ1v) is 22.4. The van der Waals surface area contributed by atoms with Gasteiger partial charge in [0.1, 0.15) is 30.0 Å². The lowest BCUT2D eigenvalue weighted by atomic mass is 9.44. The first-order valence-electron chi connectivity index (χ1n) is 22.4. The molecule has 1 aliphatic heterocycles. The fourth-order valence-corrected chi connectivity index (χ4v) is 10.7. The van der Waals surface area contributed by atoms with Gasteiger partial charge in [-0.25, -0.2) is 9.59 Å². The van der Waals surface area contributed by atoms with E-state index in [-0.39, 0.29) is 41.8 Å². The van der Waals surface area contributed by atoms with Crippen LogP contribution < -0.4 is 5.32 Å². The summed E-state index contributed by atoms with van der Waals surface area (Å²) in [6.07, 6.45) is -10.6. The van der Waals surface area contributed by atoms with Gasteiger partial charge in [-0.2, -0.15) is 0 Å². The molecule has 68 heavy (non-hydrogen) atoms. The Hall–Kier alpha value is -6.27. The van der Waals surface area contributed by atoms with Crippen LogP contribution in [0.4, 0.5) is 0 Å². The van der Waals surface area contributed by atoms with E-state index in [4.69, 9.17) is 28.4 Å². The van der Waals surface area contributed by atoms with Gasteiger partial charge in [0.2, 0.25) is 6.10 Å². The van der Waals surface area contributed by atoms with Gasteiger partial charge in [-0.15, -0.1) is 0 Å². The van der Waals surface area contributed by atoms with Crippen LogP contribution >= 0.6 is 0 Å². The van der Waals surface area contributed by atoms with Gasteiger partial charge in [0.05, 0.1) is 36.2 Å². The normalized spacial score (nSPS) is 30.1. The lowest BCUT2D eigenvalue weighted by molar-refractivity contribution is -0.346. The van der Waals surface area contributed by atoms with Gasteiger partial charge < -0.3 is 44.0 Å². The Kier molecular flexibility index (Phi) is 13.9. The molecule has 3 aromatic rings. The summed E-state index contributed by atoms with van der Waals surface area (Å²) in [6.45, 7) is 7.66. The molecule has 1 amide bonds. The molecule has 3 aromatic carbocycles. The molecule has 3 N–H and O–H groups in total. The zero-order valence-corrected chi connectivity index (χ0v) is 39.3. The predicted octanol–water partition coefficient (Wildman–Crippen LogP) is 3.85. The lowest BCUT2D eigenvalue weighted by Gasteiger charge is -2.67. The number of hydrogen-bond donors (Lipinski definition) is 3. The van der Waals surface area contributed by atoms with Gasteiger partial charge >= 0.3 is 29.8 Å². The average molecular weight is 939 g/mol. The van der Waals surface area contributed by atoms with Gasteiger partial charge in [0.25, 0.3) is 5.91 Å². The number of esters is 5. The largest absolute Gasteiger partial charge is 0.455 e. The number of aliphatic hydroxyl groups is 2. The summed E-state index contributed by atoms with van der Waals surface area (Å²) >= 11 is 0. The smallest absolute Gasteiger partial charge is 0.350 e. The second-order valence-corrected chi connectivity index (χ2v) is 19.1. The van der Waals surface area contributed by atoms with E-state index >= 15 is 9.59 Å². The zero-order valence-electron chi connectivity index (χ0n) is 39.3. The molecule has 1 saturated heterocycles. The molecular weight excluding hydrogens is 881 g/mol. The molecule has 2 bridgehead atoms. The molecule has 362 valence electrons. The van der Waals surface area contributed by atoms with Crippen molar-refractivity contribution in [1.82, 2.24) is 10.2 Å². The molecule has 7 rings (SSSR count). The van der Waals surface area contributed by atoms with E-state index in [1.54, 1.807) is 107 Å². The van der Waals surface area contributed by atoms with Crippen molar-refractivity contribution in [2.24, 2.45) is 16.7 Å². The van der Waals surface area contributed by atoms with Crippen LogP contribution in [0.25, 0.3) is 0 Å². The van der Waals surface area contributed by atoms with Crippen LogP contribution in [0.1, 0.15) is 86.7 Å². The molecule has 3 fully saturated rings. The number of ketones is 1. The van der Waals surface area contributed by atoms with Crippen molar-refractivity contribution in [2.45, 2.75) is 108 Å². The van der Waals surface area contributed by atoms with Crippen LogP contribution in [0.5, 0.6) is 0 Å². The van der Waals surface area contributed by atoms with Crippen molar-refractivity contribution < 1.29 is 72.2 Å². The number of carbonyl (C=O) groups excluding carboxylic acids is 7. The van der Waals surface area contributed by atoms with E-state index in [0.717, 1.165) is 13.8 Å². The minimum absolute atomic E-state index is 0.0245. The van der Waals surface area contributed by atoms with Crippen molar-refractivity contribution in [3.63, 3.8) is 0 Å². The standard InChI is InChI=1S/C51H58N2O15/c1-28-34(65-47(61)41(66-37(57)26-53(7)8)39(31-18-12-9-13-19-31)52-45(59)32-20-14-10-15-21-32)25-51(62)44(67-46(60)33-22-16-11-17-23-33)42-49(6,35(56)24-36-50(42,27-63-36)68-30(3)55)43(58)40(64-29(2)54)38(28)48(51,4)5/h9-23,34-36,39-42,44,56,62H,24-27H2,1-8H3,(H,52,59)/t34-,35-,36?,39?,40+,41?,42?,44?,49+,50?,51+/m0/s1. The van der Waals surface area contributed by atoms with Crippen LogP contribution in [0.3, 0.4) is 0 Å². The maximum absolute atomic E-state index is 15.7. The van der Waals surface area contributed by atoms with Crippen molar-refractivity contribution >= 4 is 41.5 Å². The second-order valence-electron chi connectivity index (χ2n) is 19.1. The van der Waals surface area contributed by atoms with Crippen molar-refractivity contribution in [1.29, 1.82) is 0 Å². The number of fused-ring (bicyclic) bond motifs is 5. The number of nitrogens with zero attached hydrogens (tertiary/aromatic N) is 1. The summed E-state index contributed by atoms with van der Waals surface area (Å²) in [5, 5.41) is 28.9. The summed E-state index contributed by atoms with van der Waals surface area (Å²) in [6, 6.07) is 22.9. The molecule has 3 aliphatic carbocycles. The number of amides is 1. The summed E-state index contributed by atoms with van der Waals surface area (Å²) in [7, 11) is 3.24. The van der Waals surface area contributed by atoms with Gasteiger partial charge in [-0.05, 0) is 68.9 Å². The molecule has 0 radical (unpaired) electrons. The van der Waals surface area contributed by atoms with Crippen LogP contribution in [0.2, 0.25) is 0 Å². The fourth-order valence-electron chi connectivity index (χ4n) is 10.7. The third kappa shape index (κ3) is 8.83. The van der Waals surface area contributed by atoms with Crippen LogP contribution in [-0.4, -0.2) is 132 Å². The van der Waals surface area contributed by atoms with Gasteiger partial charge in [-0.3, -0.25) is 28.9 Å². The Balaban J connectivity index is 1.43. The number of hydrogen-bond acceptors (Lipinski definition) is 16. The van der Waals surface area contributed by atoms with Gasteiger partial charge in [0, 0.05) is 37.7 Å². The minimum atomic E-state index is -2.44. The molecule has 0 aromatic heterocycles. The molecule has 17 nitrogen and oxygen atoms in total. The highest BCUT2D eigenvalue weighted by atomic mass is 16.6. The summed E-state index contributed by atoms with van der Waals surface area (Å²) in [4.78, 5) is 100. The van der Waals surface area contributed by atoms with E-state index in [2.05, 4.69) is 5.32 Å². The molecule has 2 saturated carbocycles. The maximum Gasteiger partial charge on any atom is 0.350 e. The highest BCUT2D eigenvalue weighted by Crippen LogP contribution is 2.64. The van der Waals surface area contributed by atoms with E-state index in [1.165, 1.54) is 30.9 Å². The number of Topliss-reactive ketones (excluding diaryl/α,β-unsaturated/α-hetero) is 1. The van der Waals surface area contributed by atoms with E-state index < -0.39 is 119 Å². The first kappa shape index (κ1) is 49.6. The molecule has 6 unspecified atom stereocenters. The molecule has 0 spiro atoms. The quantitative estimate of drug-likeness (QED) is 0.126. The Morgan fingerprint density at radius 3 is 1.97 bits per heavy atom. The third-order valence-corrected chi connectivity index (χ3v) is 14.2. The van der Waals surface area contributed by atoms with E-state index in [1.807, 2.05) is 0 Å². The zero-order chi connectivity index (χ0) is 49.5. The lowest BCUT2D eigenvalue weighted by Crippen LogP contribution is -2.82. The van der Waals surface area contributed by atoms with Gasteiger partial charge in [0.15, 0.2) is 17.5 Å². The highest BCUT2D eigenvalue weighted by molar-refractivity contribution is 5.96. The number of likely N-dealkylation sites (N-methyl/N-ethyl adjacent to an activating group) is 1. The Bertz CT molecular complexity index is 2480. The number of benzene rings is 3. The molecule has 17 heteroatoms. The molecular formula is C51H58N2O15. The third-order valence-electron chi connectivity index (χ3n) is 14.2. The SMILES string of the molecule is CC(=O)O[C@H]1C(=O)[C@@]2(C)C(C(OC(=O)c3ccccc3)[C@]3(O)C[C@H](OC(=O)C(OC(=O)CN(C)C)C(NC(=O)c4ccccc4)c4ccccc4)C(C)=C1C3(C)C)C1(OC(C)=O)COC1C[C@@H]2O. The second kappa shape index (κ2) is 19.0. The summed E-state index contributed by atoms with van der Waals surface area (Å²) < 4.78 is 36.7. The van der Waals surface area contributed by atoms with Crippen molar-refractivity contribution in [2.75, 3.05) is 27.2 Å². The Morgan fingerprint density at radius 2 is 1.43 bits per heavy atom. The predicted molar refractivity (Wildman–Crippen MR) is 240 cm³/mol. The Labute approximate surface area is 394 Å². The van der Waals surface area contributed by atoms with Gasteiger partial charge in [-0.1, -0.05) is 80.6 Å². The van der Waals surface area contributed by atoms with Crippen molar-refractivity contribution in [3.8, 4) is 0 Å². The summed E-state index contributed by atoms with van der Waals surface area (Å²) in [5.74, 6) is -7.76. The number of aliphatic hydroxyl groups excluding tert-OH is 1. The topological polar surface area (TPSA) is 231 Å². The summed E-state index contributed by atoms with van der Waals surface area (Å²) in [5.41, 5.74) is -7.26. The fraction of sp³-hybridized carbons (Fsp3) is 0.471. The average Bonchev–Trinajstić information content (AvgIpc) is 3.28. The van der Waals surface area contributed by atoms with E-state index in [9.17, 15) is 34.2 Å². The van der Waals surface area contributed by atoms with Crippen molar-refractivity contribution in [3.05, 3.63) is 119 Å². The van der Waals surface area contributed by atoms with Crippen LogP contribution in [-0.2, 0) is 52.4 Å². The highest BCUT2D eigenvalue weighted by Gasteiger charge is 2.78. The molecule has 4 aliphatic rings. The molecule has 1 heterocycles. The van der Waals surface area contributed by atoms with Crippen LogP contribution in [0, 0.1) is 16.7 Å². The molecule has 11 atom stereocenters. The number of carbonyl (C=O) groups is 7. The van der Waals surface area contributed by atoms with E-state index in [0.29, 0.717) is 5.56 Å².